The zero-order valence-corrected chi connectivity index (χ0v) is 9.82. The van der Waals surface area contributed by atoms with Crippen LogP contribution in [0.3, 0.4) is 0 Å². The quantitative estimate of drug-likeness (QED) is 0.808. The van der Waals surface area contributed by atoms with Crippen molar-refractivity contribution in [2.75, 3.05) is 0 Å². The van der Waals surface area contributed by atoms with Crippen LogP contribution in [-0.4, -0.2) is 10.5 Å². The van der Waals surface area contributed by atoms with Crippen molar-refractivity contribution < 1.29 is 4.42 Å². The van der Waals surface area contributed by atoms with Crippen molar-refractivity contribution in [2.24, 2.45) is 11.5 Å². The zero-order valence-electron chi connectivity index (χ0n) is 9.82. The SMILES string of the molecule is Cc1nc2cc(C(N)C(C)(C)N)ccc2o1. The van der Waals surface area contributed by atoms with Crippen LogP contribution in [0.1, 0.15) is 31.3 Å². The van der Waals surface area contributed by atoms with Crippen molar-refractivity contribution in [1.82, 2.24) is 4.98 Å². The molecule has 1 heterocycles. The first kappa shape index (κ1) is 11.1. The molecule has 1 atom stereocenters. The van der Waals surface area contributed by atoms with E-state index >= 15 is 0 Å². The van der Waals surface area contributed by atoms with Crippen LogP contribution in [0.15, 0.2) is 22.6 Å². The van der Waals surface area contributed by atoms with Crippen LogP contribution in [-0.2, 0) is 0 Å². The Kier molecular flexibility index (Phi) is 2.48. The molecule has 0 aliphatic heterocycles. The van der Waals surface area contributed by atoms with Crippen LogP contribution in [0.5, 0.6) is 0 Å². The summed E-state index contributed by atoms with van der Waals surface area (Å²) in [6, 6.07) is 5.54. The number of fused-ring (bicyclic) bond motifs is 1. The Bertz CT molecular complexity index is 510. The van der Waals surface area contributed by atoms with Crippen molar-refractivity contribution >= 4 is 11.1 Å². The number of hydrogen-bond acceptors (Lipinski definition) is 4. The molecule has 1 aromatic heterocycles. The van der Waals surface area contributed by atoms with Crippen LogP contribution < -0.4 is 11.5 Å². The Morgan fingerprint density at radius 1 is 1.38 bits per heavy atom. The Hall–Kier alpha value is -1.39. The van der Waals surface area contributed by atoms with Gasteiger partial charge in [-0.25, -0.2) is 4.98 Å². The van der Waals surface area contributed by atoms with Gasteiger partial charge >= 0.3 is 0 Å². The Morgan fingerprint density at radius 3 is 2.69 bits per heavy atom. The first-order valence-electron chi connectivity index (χ1n) is 5.29. The van der Waals surface area contributed by atoms with Crippen molar-refractivity contribution in [3.05, 3.63) is 29.7 Å². The van der Waals surface area contributed by atoms with Crippen molar-refractivity contribution in [3.63, 3.8) is 0 Å². The van der Waals surface area contributed by atoms with Gasteiger partial charge in [0, 0.05) is 18.5 Å². The average Bonchev–Trinajstić information content (AvgIpc) is 2.54. The number of oxazole rings is 1. The maximum absolute atomic E-state index is 6.09. The highest BCUT2D eigenvalue weighted by Gasteiger charge is 2.23. The van der Waals surface area contributed by atoms with Gasteiger partial charge in [0.2, 0.25) is 0 Å². The molecule has 86 valence electrons. The molecule has 2 aromatic rings. The number of nitrogens with two attached hydrogens (primary N) is 2. The van der Waals surface area contributed by atoms with E-state index in [-0.39, 0.29) is 6.04 Å². The summed E-state index contributed by atoms with van der Waals surface area (Å²) in [7, 11) is 0. The Balaban J connectivity index is 2.46. The Morgan fingerprint density at radius 2 is 2.06 bits per heavy atom. The molecule has 4 nitrogen and oxygen atoms in total. The van der Waals surface area contributed by atoms with E-state index in [1.165, 1.54) is 0 Å². The molecular formula is C12H17N3O. The van der Waals surface area contributed by atoms with E-state index in [1.807, 2.05) is 39.0 Å². The van der Waals surface area contributed by atoms with Gasteiger partial charge in [-0.05, 0) is 31.5 Å². The predicted octanol–water partition coefficient (Wildman–Crippen LogP) is 1.87. The minimum atomic E-state index is -0.452. The van der Waals surface area contributed by atoms with Gasteiger partial charge in [-0.2, -0.15) is 0 Å². The molecule has 0 bridgehead atoms. The maximum Gasteiger partial charge on any atom is 0.192 e. The third-order valence-corrected chi connectivity index (χ3v) is 2.68. The number of rotatable bonds is 2. The van der Waals surface area contributed by atoms with E-state index < -0.39 is 5.54 Å². The molecule has 0 aliphatic rings. The molecule has 0 aliphatic carbocycles. The van der Waals surface area contributed by atoms with E-state index in [4.69, 9.17) is 15.9 Å². The van der Waals surface area contributed by atoms with Crippen LogP contribution >= 0.6 is 0 Å². The van der Waals surface area contributed by atoms with Crippen molar-refractivity contribution in [3.8, 4) is 0 Å². The molecule has 0 fully saturated rings. The van der Waals surface area contributed by atoms with Crippen molar-refractivity contribution in [1.29, 1.82) is 0 Å². The molecule has 2 rings (SSSR count). The molecule has 1 aromatic carbocycles. The lowest BCUT2D eigenvalue weighted by atomic mass is 9.90. The molecule has 0 spiro atoms. The Labute approximate surface area is 94.6 Å². The van der Waals surface area contributed by atoms with E-state index in [0.29, 0.717) is 5.89 Å². The smallest absolute Gasteiger partial charge is 0.192 e. The van der Waals surface area contributed by atoms with Gasteiger partial charge in [-0.1, -0.05) is 6.07 Å². The van der Waals surface area contributed by atoms with Gasteiger partial charge < -0.3 is 15.9 Å². The molecular weight excluding hydrogens is 202 g/mol. The lowest BCUT2D eigenvalue weighted by Gasteiger charge is -2.27. The normalized spacial score (nSPS) is 14.3. The summed E-state index contributed by atoms with van der Waals surface area (Å²) in [4.78, 5) is 4.28. The predicted molar refractivity (Wildman–Crippen MR) is 63.9 cm³/mol. The van der Waals surface area contributed by atoms with E-state index in [0.717, 1.165) is 16.7 Å². The topological polar surface area (TPSA) is 78.1 Å². The summed E-state index contributed by atoms with van der Waals surface area (Å²) < 4.78 is 5.41. The van der Waals surface area contributed by atoms with E-state index in [2.05, 4.69) is 4.98 Å². The fourth-order valence-corrected chi connectivity index (χ4v) is 1.68. The van der Waals surface area contributed by atoms with Gasteiger partial charge in [0.1, 0.15) is 5.52 Å². The van der Waals surface area contributed by atoms with E-state index in [1.54, 1.807) is 0 Å². The fourth-order valence-electron chi connectivity index (χ4n) is 1.68. The minimum Gasteiger partial charge on any atom is -0.441 e. The third-order valence-electron chi connectivity index (χ3n) is 2.68. The van der Waals surface area contributed by atoms with Gasteiger partial charge in [0.05, 0.1) is 0 Å². The highest BCUT2D eigenvalue weighted by molar-refractivity contribution is 5.73. The molecule has 16 heavy (non-hydrogen) atoms. The van der Waals surface area contributed by atoms with Crippen LogP contribution in [0.4, 0.5) is 0 Å². The van der Waals surface area contributed by atoms with Gasteiger partial charge in [-0.3, -0.25) is 0 Å². The molecule has 0 saturated carbocycles. The summed E-state index contributed by atoms with van der Waals surface area (Å²) >= 11 is 0. The fraction of sp³-hybridized carbons (Fsp3) is 0.417. The lowest BCUT2D eigenvalue weighted by Crippen LogP contribution is -2.43. The second kappa shape index (κ2) is 3.57. The average molecular weight is 219 g/mol. The third kappa shape index (κ3) is 1.94. The summed E-state index contributed by atoms with van der Waals surface area (Å²) in [6.45, 7) is 5.65. The molecule has 0 saturated heterocycles. The largest absolute Gasteiger partial charge is 0.441 e. The maximum atomic E-state index is 6.09. The second-order valence-electron chi connectivity index (χ2n) is 4.76. The van der Waals surface area contributed by atoms with Gasteiger partial charge in [-0.15, -0.1) is 0 Å². The monoisotopic (exact) mass is 219 g/mol. The summed E-state index contributed by atoms with van der Waals surface area (Å²) in [5.74, 6) is 0.660. The van der Waals surface area contributed by atoms with Crippen LogP contribution in [0, 0.1) is 6.92 Å². The molecule has 4 N–H and O–H groups in total. The number of nitrogens with zero attached hydrogens (tertiary/aromatic N) is 1. The number of benzene rings is 1. The molecule has 4 heteroatoms. The first-order chi connectivity index (χ1) is 7.38. The van der Waals surface area contributed by atoms with E-state index in [9.17, 15) is 0 Å². The standard InChI is InChI=1S/C12H17N3O/c1-7-15-9-6-8(4-5-10(9)16-7)11(13)12(2,3)14/h4-6,11H,13-14H2,1-3H3. The second-order valence-corrected chi connectivity index (χ2v) is 4.76. The number of hydrogen-bond donors (Lipinski definition) is 2. The number of aromatic nitrogens is 1. The lowest BCUT2D eigenvalue weighted by molar-refractivity contribution is 0.420. The summed E-state index contributed by atoms with van der Waals surface area (Å²) in [5.41, 5.74) is 14.2. The summed E-state index contributed by atoms with van der Waals surface area (Å²) in [6.07, 6.45) is 0. The first-order valence-corrected chi connectivity index (χ1v) is 5.29. The summed E-state index contributed by atoms with van der Waals surface area (Å²) in [5, 5.41) is 0. The molecule has 0 amide bonds. The number of aryl methyl sites for hydroxylation is 1. The van der Waals surface area contributed by atoms with Gasteiger partial charge in [0.15, 0.2) is 11.5 Å². The highest BCUT2D eigenvalue weighted by atomic mass is 16.3. The van der Waals surface area contributed by atoms with Gasteiger partial charge in [0.25, 0.3) is 0 Å². The molecule has 1 unspecified atom stereocenters. The van der Waals surface area contributed by atoms with Crippen LogP contribution in [0.25, 0.3) is 11.1 Å². The van der Waals surface area contributed by atoms with Crippen molar-refractivity contribution in [2.45, 2.75) is 32.4 Å². The van der Waals surface area contributed by atoms with Crippen LogP contribution in [0.2, 0.25) is 0 Å². The highest BCUT2D eigenvalue weighted by Crippen LogP contribution is 2.24. The zero-order chi connectivity index (χ0) is 11.9. The minimum absolute atomic E-state index is 0.214. The molecule has 0 radical (unpaired) electrons.